The molecule has 1 aromatic heterocycles. The molecule has 1 heterocycles. The Morgan fingerprint density at radius 2 is 1.92 bits per heavy atom. The van der Waals surface area contributed by atoms with Gasteiger partial charge < -0.3 is 13.9 Å². The quantitative estimate of drug-likeness (QED) is 0.518. The molecule has 0 aliphatic heterocycles. The monoisotopic (exact) mass is 356 g/mol. The molecule has 0 amide bonds. The topological polar surface area (TPSA) is 65.7 Å². The van der Waals surface area contributed by atoms with Crippen molar-refractivity contribution >= 4 is 16.9 Å². The highest BCUT2D eigenvalue weighted by Gasteiger charge is 2.26. The average Bonchev–Trinajstić information content (AvgIpc) is 2.65. The van der Waals surface area contributed by atoms with Gasteiger partial charge in [-0.25, -0.2) is 9.18 Å². The van der Waals surface area contributed by atoms with E-state index in [0.717, 1.165) is 0 Å². The first-order valence-corrected chi connectivity index (χ1v) is 7.96. The second kappa shape index (κ2) is 7.39. The lowest BCUT2D eigenvalue weighted by Crippen LogP contribution is -2.19. The first-order chi connectivity index (χ1) is 12.5. The van der Waals surface area contributed by atoms with Gasteiger partial charge in [0.25, 0.3) is 0 Å². The van der Waals surface area contributed by atoms with Crippen molar-refractivity contribution in [2.24, 2.45) is 0 Å². The van der Waals surface area contributed by atoms with Gasteiger partial charge in [0.05, 0.1) is 20.1 Å². The fourth-order valence-electron chi connectivity index (χ4n) is 2.93. The number of hydrogen-bond donors (Lipinski definition) is 0. The molecule has 0 spiro atoms. The van der Waals surface area contributed by atoms with Crippen molar-refractivity contribution in [1.82, 2.24) is 0 Å². The van der Waals surface area contributed by atoms with E-state index in [1.807, 2.05) is 0 Å². The van der Waals surface area contributed by atoms with E-state index < -0.39 is 23.3 Å². The Kier molecular flexibility index (Phi) is 5.02. The predicted octanol–water partition coefficient (Wildman–Crippen LogP) is 3.44. The first-order valence-electron chi connectivity index (χ1n) is 7.96. The summed E-state index contributed by atoms with van der Waals surface area (Å²) >= 11 is 0. The first kappa shape index (κ1) is 17.7. The molecule has 3 rings (SSSR count). The summed E-state index contributed by atoms with van der Waals surface area (Å²) in [5.41, 5.74) is 0.462. The molecule has 5 nitrogen and oxygen atoms in total. The maximum atomic E-state index is 14.1. The number of methoxy groups -OCH3 is 2. The van der Waals surface area contributed by atoms with E-state index in [0.29, 0.717) is 22.3 Å². The van der Waals surface area contributed by atoms with Crippen molar-refractivity contribution in [3.8, 4) is 5.75 Å². The highest BCUT2D eigenvalue weighted by Crippen LogP contribution is 2.30. The van der Waals surface area contributed by atoms with Gasteiger partial charge >= 0.3 is 11.6 Å². The average molecular weight is 356 g/mol. The molecular weight excluding hydrogens is 339 g/mol. The molecule has 0 aliphatic carbocycles. The van der Waals surface area contributed by atoms with Crippen molar-refractivity contribution in [2.45, 2.75) is 12.3 Å². The van der Waals surface area contributed by atoms with Gasteiger partial charge in [0, 0.05) is 17.5 Å². The number of carbonyl (C=O) groups excluding carboxylic acids is 1. The maximum absolute atomic E-state index is 14.1. The van der Waals surface area contributed by atoms with Crippen molar-refractivity contribution in [1.29, 1.82) is 0 Å². The molecule has 0 bridgehead atoms. The Hall–Kier alpha value is -3.15. The van der Waals surface area contributed by atoms with Crippen LogP contribution in [0.15, 0.2) is 57.7 Å². The minimum absolute atomic E-state index is 0.0595. The minimum Gasteiger partial charge on any atom is -0.497 e. The van der Waals surface area contributed by atoms with Crippen LogP contribution in [-0.2, 0) is 16.0 Å². The fraction of sp³-hybridized carbons (Fsp3) is 0.200. The van der Waals surface area contributed by atoms with Gasteiger partial charge in [0.1, 0.15) is 17.1 Å². The number of esters is 1. The highest BCUT2D eigenvalue weighted by molar-refractivity contribution is 5.89. The number of benzene rings is 2. The van der Waals surface area contributed by atoms with Crippen molar-refractivity contribution in [3.63, 3.8) is 0 Å². The standard InChI is InChI=1S/C20H17FO5/c1-24-13-7-8-14-15(11-19(22)26-18(14)10-13)16(20(23)25-2)9-12-5-3-4-6-17(12)21/h3-8,10-11,16H,9H2,1-2H3/t16-/m0/s1. The minimum atomic E-state index is -0.850. The van der Waals surface area contributed by atoms with E-state index >= 15 is 0 Å². The Balaban J connectivity index is 2.16. The van der Waals surface area contributed by atoms with Crippen LogP contribution in [0.4, 0.5) is 4.39 Å². The smallest absolute Gasteiger partial charge is 0.336 e. The van der Waals surface area contributed by atoms with E-state index in [9.17, 15) is 14.0 Å². The number of carbonyl (C=O) groups is 1. The Bertz CT molecular complexity index is 1010. The maximum Gasteiger partial charge on any atom is 0.336 e. The van der Waals surface area contributed by atoms with Crippen LogP contribution < -0.4 is 10.4 Å². The van der Waals surface area contributed by atoms with Gasteiger partial charge in [-0.15, -0.1) is 0 Å². The molecule has 1 atom stereocenters. The van der Waals surface area contributed by atoms with Crippen LogP contribution in [0.25, 0.3) is 11.0 Å². The van der Waals surface area contributed by atoms with Crippen LogP contribution in [0.1, 0.15) is 17.0 Å². The molecule has 2 aromatic carbocycles. The van der Waals surface area contributed by atoms with Crippen LogP contribution in [0.5, 0.6) is 5.75 Å². The Labute approximate surface area is 149 Å². The van der Waals surface area contributed by atoms with E-state index in [1.165, 1.54) is 26.4 Å². The number of hydrogen-bond acceptors (Lipinski definition) is 5. The number of rotatable bonds is 5. The fourth-order valence-corrected chi connectivity index (χ4v) is 2.93. The molecule has 0 saturated heterocycles. The summed E-state index contributed by atoms with van der Waals surface area (Å²) in [7, 11) is 2.76. The third-order valence-electron chi connectivity index (χ3n) is 4.23. The van der Waals surface area contributed by atoms with Crippen LogP contribution >= 0.6 is 0 Å². The van der Waals surface area contributed by atoms with E-state index in [1.54, 1.807) is 36.4 Å². The molecule has 26 heavy (non-hydrogen) atoms. The molecule has 6 heteroatoms. The van der Waals surface area contributed by atoms with Crippen molar-refractivity contribution < 1.29 is 23.1 Å². The van der Waals surface area contributed by atoms with E-state index in [4.69, 9.17) is 13.9 Å². The molecule has 3 aromatic rings. The summed E-state index contributed by atoms with van der Waals surface area (Å²) in [5, 5.41) is 0.567. The van der Waals surface area contributed by atoms with Crippen molar-refractivity contribution in [2.75, 3.05) is 14.2 Å². The predicted molar refractivity (Wildman–Crippen MR) is 93.9 cm³/mol. The van der Waals surface area contributed by atoms with Gasteiger partial charge in [-0.3, -0.25) is 4.79 Å². The van der Waals surface area contributed by atoms with Crippen LogP contribution in [0.3, 0.4) is 0 Å². The Morgan fingerprint density at radius 3 is 2.62 bits per heavy atom. The summed E-state index contributed by atoms with van der Waals surface area (Å²) in [6.45, 7) is 0. The SMILES string of the molecule is COC(=O)[C@@H](Cc1ccccc1F)c1cc(=O)oc2cc(OC)ccc12. The van der Waals surface area contributed by atoms with E-state index in [2.05, 4.69) is 0 Å². The largest absolute Gasteiger partial charge is 0.497 e. The number of halogens is 1. The van der Waals surface area contributed by atoms with Gasteiger partial charge in [0.2, 0.25) is 0 Å². The molecule has 0 saturated carbocycles. The lowest BCUT2D eigenvalue weighted by atomic mass is 9.90. The van der Waals surface area contributed by atoms with Gasteiger partial charge in [-0.05, 0) is 35.7 Å². The molecule has 0 fully saturated rings. The van der Waals surface area contributed by atoms with Crippen LogP contribution in [0, 0.1) is 5.82 Å². The lowest BCUT2D eigenvalue weighted by molar-refractivity contribution is -0.142. The van der Waals surface area contributed by atoms with E-state index in [-0.39, 0.29) is 12.0 Å². The number of fused-ring (bicyclic) bond motifs is 1. The second-order valence-electron chi connectivity index (χ2n) is 5.75. The summed E-state index contributed by atoms with van der Waals surface area (Å²) in [5.74, 6) is -1.32. The molecule has 0 radical (unpaired) electrons. The van der Waals surface area contributed by atoms with Crippen LogP contribution in [-0.4, -0.2) is 20.2 Å². The third-order valence-corrected chi connectivity index (χ3v) is 4.23. The number of ether oxygens (including phenoxy) is 2. The molecule has 0 N–H and O–H groups in total. The molecular formula is C20H17FO5. The molecule has 0 aliphatic rings. The molecule has 134 valence electrons. The molecule has 0 unspecified atom stereocenters. The lowest BCUT2D eigenvalue weighted by Gasteiger charge is -2.17. The van der Waals surface area contributed by atoms with Crippen LogP contribution in [0.2, 0.25) is 0 Å². The summed E-state index contributed by atoms with van der Waals surface area (Å²) in [4.78, 5) is 24.4. The van der Waals surface area contributed by atoms with Gasteiger partial charge in [-0.1, -0.05) is 18.2 Å². The zero-order valence-electron chi connectivity index (χ0n) is 14.3. The van der Waals surface area contributed by atoms with Gasteiger partial charge in [-0.2, -0.15) is 0 Å². The second-order valence-corrected chi connectivity index (χ2v) is 5.75. The highest BCUT2D eigenvalue weighted by atomic mass is 19.1. The Morgan fingerprint density at radius 1 is 1.15 bits per heavy atom. The summed E-state index contributed by atoms with van der Waals surface area (Å²) in [6.07, 6.45) is 0.0595. The van der Waals surface area contributed by atoms with Crippen molar-refractivity contribution in [3.05, 3.63) is 75.9 Å². The normalized spacial score (nSPS) is 12.0. The zero-order chi connectivity index (χ0) is 18.7. The zero-order valence-corrected chi connectivity index (χ0v) is 14.3. The summed E-state index contributed by atoms with van der Waals surface area (Å²) in [6, 6.07) is 12.4. The third kappa shape index (κ3) is 3.44. The summed E-state index contributed by atoms with van der Waals surface area (Å²) < 4.78 is 29.3. The van der Waals surface area contributed by atoms with Gasteiger partial charge in [0.15, 0.2) is 0 Å².